The fraction of sp³-hybridized carbons (Fsp3) is 0.0769. The molecule has 4 aromatic carbocycles. The third kappa shape index (κ3) is 4.16. The van der Waals surface area contributed by atoms with Crippen LogP contribution >= 0.6 is 0 Å². The first kappa shape index (κ1) is 19.8. The lowest BCUT2D eigenvalue weighted by Gasteiger charge is -2.11. The van der Waals surface area contributed by atoms with Gasteiger partial charge in [0, 0.05) is 5.69 Å². The van der Waals surface area contributed by atoms with Crippen molar-refractivity contribution < 1.29 is 13.9 Å². The van der Waals surface area contributed by atoms with Gasteiger partial charge in [-0.25, -0.2) is 9.37 Å². The highest BCUT2D eigenvalue weighted by Gasteiger charge is 2.14. The monoisotopic (exact) mass is 425 g/mol. The summed E-state index contributed by atoms with van der Waals surface area (Å²) in [5, 5.41) is 5.04. The number of nitrogens with one attached hydrogen (secondary N) is 1. The molecule has 1 aromatic heterocycles. The summed E-state index contributed by atoms with van der Waals surface area (Å²) < 4.78 is 21.0. The van der Waals surface area contributed by atoms with Crippen molar-refractivity contribution in [1.29, 1.82) is 0 Å². The molecule has 0 bridgehead atoms. The molecule has 0 aliphatic carbocycles. The maximum absolute atomic E-state index is 13.1. The van der Waals surface area contributed by atoms with Crippen molar-refractivity contribution in [3.8, 4) is 5.75 Å². The van der Waals surface area contributed by atoms with Crippen LogP contribution in [0.5, 0.6) is 5.75 Å². The molecular formula is C26H20FN3O2. The number of benzene rings is 4. The van der Waals surface area contributed by atoms with Gasteiger partial charge in [-0.2, -0.15) is 0 Å². The van der Waals surface area contributed by atoms with Gasteiger partial charge in [-0.3, -0.25) is 4.79 Å². The highest BCUT2D eigenvalue weighted by molar-refractivity contribution is 5.91. The number of nitrogens with zero attached hydrogens (tertiary/aromatic N) is 2. The van der Waals surface area contributed by atoms with Crippen LogP contribution in [0.3, 0.4) is 0 Å². The maximum Gasteiger partial charge on any atom is 0.244 e. The van der Waals surface area contributed by atoms with E-state index in [-0.39, 0.29) is 24.9 Å². The predicted molar refractivity (Wildman–Crippen MR) is 123 cm³/mol. The Morgan fingerprint density at radius 3 is 2.50 bits per heavy atom. The number of hydrogen-bond donors (Lipinski definition) is 1. The van der Waals surface area contributed by atoms with Crippen molar-refractivity contribution in [3.63, 3.8) is 0 Å². The van der Waals surface area contributed by atoms with E-state index < -0.39 is 0 Å². The summed E-state index contributed by atoms with van der Waals surface area (Å²) in [6, 6.07) is 27.4. The van der Waals surface area contributed by atoms with Gasteiger partial charge in [0.15, 0.2) is 0 Å². The number of aromatic nitrogens is 2. The Balaban J connectivity index is 1.38. The molecular weight excluding hydrogens is 405 g/mol. The number of anilines is 1. The normalized spacial score (nSPS) is 11.0. The number of carbonyl (C=O) groups is 1. The molecule has 0 radical (unpaired) electrons. The van der Waals surface area contributed by atoms with Crippen LogP contribution in [0.15, 0.2) is 91.0 Å². The molecule has 32 heavy (non-hydrogen) atoms. The molecule has 1 heterocycles. The minimum absolute atomic E-state index is 0.0638. The van der Waals surface area contributed by atoms with Gasteiger partial charge in [0.1, 0.15) is 30.5 Å². The molecule has 0 atom stereocenters. The van der Waals surface area contributed by atoms with Gasteiger partial charge in [-0.1, -0.05) is 42.5 Å². The van der Waals surface area contributed by atoms with E-state index in [1.54, 1.807) is 0 Å². The second-order valence-corrected chi connectivity index (χ2v) is 7.46. The zero-order valence-corrected chi connectivity index (χ0v) is 17.2. The zero-order valence-electron chi connectivity index (χ0n) is 17.2. The summed E-state index contributed by atoms with van der Waals surface area (Å²) in [5.74, 6) is 0.801. The summed E-state index contributed by atoms with van der Waals surface area (Å²) in [6.07, 6.45) is 0. The van der Waals surface area contributed by atoms with Crippen molar-refractivity contribution >= 4 is 33.4 Å². The lowest BCUT2D eigenvalue weighted by atomic mass is 10.1. The Bertz CT molecular complexity index is 1410. The number of hydrogen-bond acceptors (Lipinski definition) is 3. The lowest BCUT2D eigenvalue weighted by Crippen LogP contribution is -2.20. The van der Waals surface area contributed by atoms with E-state index in [0.29, 0.717) is 11.5 Å². The summed E-state index contributed by atoms with van der Waals surface area (Å²) in [7, 11) is 0. The van der Waals surface area contributed by atoms with Gasteiger partial charge in [0.2, 0.25) is 5.91 Å². The number of imidazole rings is 1. The van der Waals surface area contributed by atoms with Crippen LogP contribution in [0.25, 0.3) is 21.8 Å². The number of para-hydroxylation sites is 2. The third-order valence-corrected chi connectivity index (χ3v) is 5.25. The average Bonchev–Trinajstić information content (AvgIpc) is 3.16. The zero-order chi connectivity index (χ0) is 21.9. The quantitative estimate of drug-likeness (QED) is 0.388. The second-order valence-electron chi connectivity index (χ2n) is 7.46. The first-order valence-electron chi connectivity index (χ1n) is 10.3. The smallest absolute Gasteiger partial charge is 0.244 e. The molecule has 0 saturated carbocycles. The molecule has 6 heteroatoms. The van der Waals surface area contributed by atoms with Crippen LogP contribution in [0.1, 0.15) is 5.82 Å². The van der Waals surface area contributed by atoms with Crippen molar-refractivity contribution in [1.82, 2.24) is 9.55 Å². The number of rotatable bonds is 6. The minimum Gasteiger partial charge on any atom is -0.486 e. The van der Waals surface area contributed by atoms with Crippen molar-refractivity contribution in [3.05, 3.63) is 103 Å². The van der Waals surface area contributed by atoms with E-state index >= 15 is 0 Å². The number of amides is 1. The van der Waals surface area contributed by atoms with Gasteiger partial charge in [0.25, 0.3) is 0 Å². The standard InChI is InChI=1S/C26H20FN3O2/c27-20-10-12-21(13-11-20)28-26(31)16-30-24-8-4-3-7-23(24)29-25(30)17-32-22-14-9-18-5-1-2-6-19(18)15-22/h1-15H,16-17H2,(H,28,31). The molecule has 158 valence electrons. The molecule has 1 N–H and O–H groups in total. The largest absolute Gasteiger partial charge is 0.486 e. The van der Waals surface area contributed by atoms with Crippen LogP contribution in [0.2, 0.25) is 0 Å². The van der Waals surface area contributed by atoms with E-state index in [0.717, 1.165) is 27.6 Å². The summed E-state index contributed by atoms with van der Waals surface area (Å²) in [6.45, 7) is 0.283. The van der Waals surface area contributed by atoms with Crippen LogP contribution in [-0.2, 0) is 17.9 Å². The molecule has 5 nitrogen and oxygen atoms in total. The fourth-order valence-electron chi connectivity index (χ4n) is 3.69. The number of carbonyl (C=O) groups excluding carboxylic acids is 1. The van der Waals surface area contributed by atoms with Gasteiger partial charge in [-0.05, 0) is 59.3 Å². The van der Waals surface area contributed by atoms with E-state index in [9.17, 15) is 9.18 Å². The third-order valence-electron chi connectivity index (χ3n) is 5.25. The average molecular weight is 425 g/mol. The molecule has 0 aliphatic rings. The van der Waals surface area contributed by atoms with Gasteiger partial charge in [-0.15, -0.1) is 0 Å². The van der Waals surface area contributed by atoms with E-state index in [1.165, 1.54) is 24.3 Å². The Kier molecular flexibility index (Phi) is 5.25. The first-order valence-corrected chi connectivity index (χ1v) is 10.3. The summed E-state index contributed by atoms with van der Waals surface area (Å²) >= 11 is 0. The van der Waals surface area contributed by atoms with Crippen molar-refractivity contribution in [2.75, 3.05) is 5.32 Å². The Labute approximate surface area is 184 Å². The number of fused-ring (bicyclic) bond motifs is 2. The predicted octanol–water partition coefficient (Wildman–Crippen LogP) is 5.55. The van der Waals surface area contributed by atoms with Crippen LogP contribution in [-0.4, -0.2) is 15.5 Å². The molecule has 0 saturated heterocycles. The topological polar surface area (TPSA) is 56.2 Å². The van der Waals surface area contributed by atoms with E-state index in [1.807, 2.05) is 65.2 Å². The Morgan fingerprint density at radius 2 is 1.66 bits per heavy atom. The van der Waals surface area contributed by atoms with Gasteiger partial charge >= 0.3 is 0 Å². The molecule has 1 amide bonds. The fourth-order valence-corrected chi connectivity index (χ4v) is 3.69. The van der Waals surface area contributed by atoms with Crippen molar-refractivity contribution in [2.45, 2.75) is 13.2 Å². The van der Waals surface area contributed by atoms with E-state index in [2.05, 4.69) is 16.4 Å². The first-order chi connectivity index (χ1) is 15.7. The number of halogens is 1. The molecule has 0 fully saturated rings. The lowest BCUT2D eigenvalue weighted by molar-refractivity contribution is -0.116. The minimum atomic E-state index is -0.350. The SMILES string of the molecule is O=C(Cn1c(COc2ccc3ccccc3c2)nc2ccccc21)Nc1ccc(F)cc1. The van der Waals surface area contributed by atoms with Crippen LogP contribution < -0.4 is 10.1 Å². The van der Waals surface area contributed by atoms with Crippen LogP contribution in [0.4, 0.5) is 10.1 Å². The molecule has 0 aliphatic heterocycles. The molecule has 0 spiro atoms. The van der Waals surface area contributed by atoms with E-state index in [4.69, 9.17) is 4.74 Å². The van der Waals surface area contributed by atoms with Gasteiger partial charge < -0.3 is 14.6 Å². The molecule has 5 aromatic rings. The Hall–Kier alpha value is -4.19. The molecule has 5 rings (SSSR count). The highest BCUT2D eigenvalue weighted by atomic mass is 19.1. The van der Waals surface area contributed by atoms with Crippen molar-refractivity contribution in [2.24, 2.45) is 0 Å². The second kappa shape index (κ2) is 8.51. The molecule has 0 unspecified atom stereocenters. The highest BCUT2D eigenvalue weighted by Crippen LogP contribution is 2.23. The Morgan fingerprint density at radius 1 is 0.906 bits per heavy atom. The van der Waals surface area contributed by atoms with Gasteiger partial charge in [0.05, 0.1) is 11.0 Å². The summed E-state index contributed by atoms with van der Waals surface area (Å²) in [5.41, 5.74) is 2.17. The maximum atomic E-state index is 13.1. The summed E-state index contributed by atoms with van der Waals surface area (Å²) in [4.78, 5) is 17.4. The number of ether oxygens (including phenoxy) is 1. The van der Waals surface area contributed by atoms with Crippen LogP contribution in [0, 0.1) is 5.82 Å².